The normalized spacial score (nSPS) is 11.1. The molecule has 0 aliphatic rings. The third-order valence-corrected chi connectivity index (χ3v) is 5.03. The first-order chi connectivity index (χ1) is 13.3. The van der Waals surface area contributed by atoms with Crippen LogP contribution in [0, 0.1) is 19.7 Å². The molecule has 148 valence electrons. The number of rotatable bonds is 6. The maximum atomic E-state index is 13.1. The van der Waals surface area contributed by atoms with E-state index in [4.69, 9.17) is 9.26 Å². The van der Waals surface area contributed by atoms with Gasteiger partial charge in [0, 0.05) is 18.0 Å². The summed E-state index contributed by atoms with van der Waals surface area (Å²) >= 11 is 1.34. The summed E-state index contributed by atoms with van der Waals surface area (Å²) in [5.41, 5.74) is 2.71. The molecule has 1 N–H and O–H groups in total. The monoisotopic (exact) mass is 404 g/mol. The molecule has 0 saturated carbocycles. The first-order valence-corrected chi connectivity index (χ1v) is 9.67. The van der Waals surface area contributed by atoms with E-state index >= 15 is 0 Å². The van der Waals surface area contributed by atoms with Crippen LogP contribution in [0.15, 0.2) is 22.9 Å². The van der Waals surface area contributed by atoms with Gasteiger partial charge in [-0.3, -0.25) is 4.98 Å². The number of aryl methyl sites for hydroxylation is 3. The number of amides is 1. The Bertz CT molecular complexity index is 966. The number of halogens is 1. The number of carbonyl (C=O) groups is 1. The molecule has 3 rings (SSSR count). The molecule has 7 nitrogen and oxygen atoms in total. The molecular formula is C19H21FN4O3S. The molecule has 0 aromatic carbocycles. The second kappa shape index (κ2) is 8.47. The van der Waals surface area contributed by atoms with Crippen molar-refractivity contribution in [3.05, 3.63) is 46.2 Å². The van der Waals surface area contributed by atoms with Gasteiger partial charge in [-0.2, -0.15) is 0 Å². The lowest BCUT2D eigenvalue weighted by atomic mass is 10.1. The van der Waals surface area contributed by atoms with Crippen LogP contribution in [0.2, 0.25) is 0 Å². The molecule has 0 unspecified atom stereocenters. The van der Waals surface area contributed by atoms with Gasteiger partial charge in [0.05, 0.1) is 22.6 Å². The molecule has 0 spiro atoms. The summed E-state index contributed by atoms with van der Waals surface area (Å²) in [6.07, 6.45) is 1.90. The highest BCUT2D eigenvalue weighted by molar-refractivity contribution is 7.13. The zero-order valence-electron chi connectivity index (χ0n) is 16.1. The summed E-state index contributed by atoms with van der Waals surface area (Å²) in [7, 11) is 0. The zero-order valence-corrected chi connectivity index (χ0v) is 16.9. The minimum Gasteiger partial charge on any atom is -0.397 e. The molecule has 3 aromatic heterocycles. The number of pyridine rings is 1. The summed E-state index contributed by atoms with van der Waals surface area (Å²) < 4.78 is 23.8. The lowest BCUT2D eigenvalue weighted by Gasteiger charge is -2.07. The summed E-state index contributed by atoms with van der Waals surface area (Å²) in [5.74, 6) is 0.278. The molecule has 0 bridgehead atoms. The second-order valence-electron chi connectivity index (χ2n) is 6.60. The van der Waals surface area contributed by atoms with Crippen LogP contribution < -0.4 is 10.1 Å². The van der Waals surface area contributed by atoms with Crippen molar-refractivity contribution in [2.45, 2.75) is 46.6 Å². The van der Waals surface area contributed by atoms with E-state index < -0.39 is 11.9 Å². The highest BCUT2D eigenvalue weighted by Gasteiger charge is 2.18. The zero-order chi connectivity index (χ0) is 20.3. The predicted octanol–water partition coefficient (Wildman–Crippen LogP) is 4.23. The Morgan fingerprint density at radius 2 is 2.11 bits per heavy atom. The van der Waals surface area contributed by atoms with E-state index in [9.17, 15) is 9.18 Å². The number of nitrogens with one attached hydrogen (secondary N) is 1. The Morgan fingerprint density at radius 1 is 1.32 bits per heavy atom. The van der Waals surface area contributed by atoms with Crippen molar-refractivity contribution in [3.8, 4) is 16.5 Å². The fourth-order valence-corrected chi connectivity index (χ4v) is 3.53. The molecular weight excluding hydrogens is 383 g/mol. The van der Waals surface area contributed by atoms with Crippen LogP contribution >= 0.6 is 11.3 Å². The predicted molar refractivity (Wildman–Crippen MR) is 103 cm³/mol. The molecule has 0 aliphatic carbocycles. The summed E-state index contributed by atoms with van der Waals surface area (Å²) in [6, 6.07) is 2.91. The second-order valence-corrected chi connectivity index (χ2v) is 7.64. The Labute approximate surface area is 166 Å². The molecule has 0 fully saturated rings. The third-order valence-electron chi connectivity index (χ3n) is 3.93. The van der Waals surface area contributed by atoms with Crippen molar-refractivity contribution in [1.82, 2.24) is 20.4 Å². The van der Waals surface area contributed by atoms with E-state index in [0.717, 1.165) is 16.8 Å². The van der Waals surface area contributed by atoms with Gasteiger partial charge in [-0.25, -0.2) is 14.2 Å². The maximum Gasteiger partial charge on any atom is 0.413 e. The quantitative estimate of drug-likeness (QED) is 0.661. The van der Waals surface area contributed by atoms with Crippen LogP contribution in [-0.4, -0.2) is 27.3 Å². The average Bonchev–Trinajstić information content (AvgIpc) is 3.16. The Balaban J connectivity index is 1.71. The minimum absolute atomic E-state index is 0.00439. The number of hydrogen-bond donors (Lipinski definition) is 1. The van der Waals surface area contributed by atoms with E-state index in [1.165, 1.54) is 17.4 Å². The maximum absolute atomic E-state index is 13.1. The summed E-state index contributed by atoms with van der Waals surface area (Å²) in [5, 5.41) is 8.06. The van der Waals surface area contributed by atoms with Crippen molar-refractivity contribution < 1.29 is 18.4 Å². The van der Waals surface area contributed by atoms with Crippen LogP contribution in [0.3, 0.4) is 0 Å². The minimum atomic E-state index is -0.493. The van der Waals surface area contributed by atoms with Crippen molar-refractivity contribution in [2.24, 2.45) is 0 Å². The van der Waals surface area contributed by atoms with Gasteiger partial charge in [-0.1, -0.05) is 16.5 Å². The van der Waals surface area contributed by atoms with Gasteiger partial charge in [0.25, 0.3) is 0 Å². The van der Waals surface area contributed by atoms with E-state index in [1.54, 1.807) is 13.0 Å². The third kappa shape index (κ3) is 4.72. The van der Waals surface area contributed by atoms with Crippen LogP contribution in [0.4, 0.5) is 9.18 Å². The van der Waals surface area contributed by atoms with Crippen molar-refractivity contribution in [1.29, 1.82) is 0 Å². The lowest BCUT2D eigenvalue weighted by Crippen LogP contribution is -2.32. The topological polar surface area (TPSA) is 90.1 Å². The molecule has 0 radical (unpaired) electrons. The van der Waals surface area contributed by atoms with Crippen molar-refractivity contribution >= 4 is 17.4 Å². The largest absolute Gasteiger partial charge is 0.413 e. The van der Waals surface area contributed by atoms with Gasteiger partial charge >= 0.3 is 6.09 Å². The number of ether oxygens (including phenoxy) is 1. The van der Waals surface area contributed by atoms with Gasteiger partial charge in [0.15, 0.2) is 0 Å². The Kier molecular flexibility index (Phi) is 6.03. The van der Waals surface area contributed by atoms with Gasteiger partial charge in [-0.05, 0) is 46.2 Å². The molecule has 0 aliphatic heterocycles. The number of aromatic nitrogens is 3. The molecule has 1 amide bonds. The summed E-state index contributed by atoms with van der Waals surface area (Å²) in [4.78, 5) is 20.4. The molecule has 0 atom stereocenters. The number of carbonyl (C=O) groups excluding carboxylic acids is 1. The molecule has 3 aromatic rings. The Morgan fingerprint density at radius 3 is 2.79 bits per heavy atom. The highest BCUT2D eigenvalue weighted by Crippen LogP contribution is 2.30. The van der Waals surface area contributed by atoms with Crippen molar-refractivity contribution in [2.75, 3.05) is 0 Å². The molecule has 28 heavy (non-hydrogen) atoms. The standard InChI is InChI=1S/C19H21FN4O3S/c1-10(2)22-19(25)26-18-11(3)23-16(28-18)8-6-14-12(4)27-24-17(14)15-7-5-13(20)9-21-15/h5,7,9-10H,6,8H2,1-4H3,(H,22,25). The average molecular weight is 404 g/mol. The molecule has 0 saturated heterocycles. The first kappa shape index (κ1) is 19.9. The fourth-order valence-electron chi connectivity index (χ4n) is 2.62. The smallest absolute Gasteiger partial charge is 0.397 e. The number of nitrogens with zero attached hydrogens (tertiary/aromatic N) is 3. The number of thiazole rings is 1. The summed E-state index contributed by atoms with van der Waals surface area (Å²) in [6.45, 7) is 7.35. The first-order valence-electron chi connectivity index (χ1n) is 8.85. The highest BCUT2D eigenvalue weighted by atomic mass is 32.1. The molecule has 9 heteroatoms. The van der Waals surface area contributed by atoms with E-state index in [2.05, 4.69) is 20.4 Å². The van der Waals surface area contributed by atoms with E-state index in [0.29, 0.717) is 40.7 Å². The Hall–Kier alpha value is -2.81. The van der Waals surface area contributed by atoms with Gasteiger partial charge in [-0.15, -0.1) is 0 Å². The van der Waals surface area contributed by atoms with Crippen LogP contribution in [0.25, 0.3) is 11.4 Å². The number of hydrogen-bond acceptors (Lipinski definition) is 7. The van der Waals surface area contributed by atoms with Crippen LogP contribution in [0.1, 0.15) is 35.9 Å². The fraction of sp³-hybridized carbons (Fsp3) is 0.368. The van der Waals surface area contributed by atoms with Gasteiger partial charge in [0.2, 0.25) is 5.06 Å². The lowest BCUT2D eigenvalue weighted by molar-refractivity contribution is 0.199. The SMILES string of the molecule is Cc1nc(CCc2c(-c3ccc(F)cn3)noc2C)sc1OC(=O)NC(C)C. The van der Waals surface area contributed by atoms with Gasteiger partial charge < -0.3 is 14.6 Å². The van der Waals surface area contributed by atoms with Crippen LogP contribution in [-0.2, 0) is 12.8 Å². The van der Waals surface area contributed by atoms with Crippen molar-refractivity contribution in [3.63, 3.8) is 0 Å². The van der Waals surface area contributed by atoms with Crippen LogP contribution in [0.5, 0.6) is 5.06 Å². The van der Waals surface area contributed by atoms with Gasteiger partial charge in [0.1, 0.15) is 17.3 Å². The van der Waals surface area contributed by atoms with E-state index in [1.807, 2.05) is 20.8 Å². The molecule has 3 heterocycles. The van der Waals surface area contributed by atoms with E-state index in [-0.39, 0.29) is 6.04 Å².